The van der Waals surface area contributed by atoms with Crippen LogP contribution in [0.1, 0.15) is 33.6 Å². The van der Waals surface area contributed by atoms with Crippen LogP contribution in [0.15, 0.2) is 67.0 Å². The molecule has 2 heterocycles. The van der Waals surface area contributed by atoms with E-state index in [4.69, 9.17) is 20.9 Å². The van der Waals surface area contributed by atoms with Crippen molar-refractivity contribution in [3.05, 3.63) is 72.1 Å². The quantitative estimate of drug-likeness (QED) is 0.139. The van der Waals surface area contributed by atoms with Crippen LogP contribution < -0.4 is 20.5 Å². The van der Waals surface area contributed by atoms with Crippen molar-refractivity contribution in [1.29, 1.82) is 0 Å². The minimum atomic E-state index is -2.54. The molecule has 0 aliphatic heterocycles. The number of imidazole rings is 1. The zero-order chi connectivity index (χ0) is 25.6. The van der Waals surface area contributed by atoms with Gasteiger partial charge in [0, 0.05) is 6.61 Å². The SMILES string of the molecule is CC(C)(C)[Si](OCCCCOn1cnc2c(Cl)nc(NC=O)nc21)(c1ccccc1)c1ccccc1. The molecule has 0 bridgehead atoms. The number of hydrogen-bond acceptors (Lipinski definition) is 6. The van der Waals surface area contributed by atoms with E-state index in [2.05, 4.69) is 89.6 Å². The molecule has 0 fully saturated rings. The summed E-state index contributed by atoms with van der Waals surface area (Å²) in [5.41, 5.74) is 0.797. The molecule has 2 aromatic carbocycles. The molecule has 0 unspecified atom stereocenters. The number of nitrogens with zero attached hydrogens (tertiary/aromatic N) is 4. The van der Waals surface area contributed by atoms with Crippen LogP contribution in [0.5, 0.6) is 0 Å². The third kappa shape index (κ3) is 5.28. The van der Waals surface area contributed by atoms with Gasteiger partial charge < -0.3 is 9.26 Å². The predicted molar refractivity (Wildman–Crippen MR) is 144 cm³/mol. The maximum absolute atomic E-state index is 10.7. The van der Waals surface area contributed by atoms with E-state index >= 15 is 0 Å². The van der Waals surface area contributed by atoms with Gasteiger partial charge in [0.15, 0.2) is 5.15 Å². The molecule has 8 nitrogen and oxygen atoms in total. The van der Waals surface area contributed by atoms with Gasteiger partial charge in [-0.15, -0.1) is 0 Å². The van der Waals surface area contributed by atoms with Gasteiger partial charge in [-0.1, -0.05) is 93.0 Å². The molecule has 0 radical (unpaired) electrons. The molecular weight excluding hydrogens is 494 g/mol. The fourth-order valence-corrected chi connectivity index (χ4v) is 9.23. The van der Waals surface area contributed by atoms with Gasteiger partial charge in [-0.2, -0.15) is 14.7 Å². The Morgan fingerprint density at radius 2 is 1.58 bits per heavy atom. The second-order valence-corrected chi connectivity index (χ2v) is 14.1. The number of amides is 1. The lowest BCUT2D eigenvalue weighted by atomic mass is 10.2. The zero-order valence-electron chi connectivity index (χ0n) is 20.6. The standard InChI is InChI=1S/C26H30ClN5O3Si/c1-26(2,3)36(20-12-6-4-7-13-20,21-14-8-5-9-15-21)35-17-11-10-16-34-32-18-28-22-23(27)30-25(29-19-33)31-24(22)32/h4-9,12-15,18-19H,10-11,16-17H2,1-3H3,(H,29,30,31,33). The molecule has 2 aromatic heterocycles. The normalized spacial score (nSPS) is 12.0. The Bertz CT molecular complexity index is 1260. The van der Waals surface area contributed by atoms with Crippen LogP contribution in [0.25, 0.3) is 11.2 Å². The molecule has 36 heavy (non-hydrogen) atoms. The van der Waals surface area contributed by atoms with Crippen LogP contribution >= 0.6 is 11.6 Å². The lowest BCUT2D eigenvalue weighted by Crippen LogP contribution is -2.66. The van der Waals surface area contributed by atoms with Crippen molar-refractivity contribution >= 4 is 53.8 Å². The lowest BCUT2D eigenvalue weighted by molar-refractivity contribution is -0.105. The second-order valence-electron chi connectivity index (χ2n) is 9.39. The van der Waals surface area contributed by atoms with Crippen molar-refractivity contribution in [2.45, 2.75) is 38.7 Å². The molecule has 188 valence electrons. The minimum absolute atomic E-state index is 0.0613. The molecule has 0 spiro atoms. The fraction of sp³-hybridized carbons (Fsp3) is 0.308. The first-order valence-electron chi connectivity index (χ1n) is 11.9. The van der Waals surface area contributed by atoms with Gasteiger partial charge in [0.2, 0.25) is 18.0 Å². The zero-order valence-corrected chi connectivity index (χ0v) is 22.4. The van der Waals surface area contributed by atoms with Crippen LogP contribution in [0.2, 0.25) is 10.2 Å². The van der Waals surface area contributed by atoms with E-state index < -0.39 is 8.32 Å². The summed E-state index contributed by atoms with van der Waals surface area (Å²) in [6, 6.07) is 21.2. The Morgan fingerprint density at radius 3 is 2.17 bits per heavy atom. The number of anilines is 1. The first-order valence-corrected chi connectivity index (χ1v) is 14.1. The van der Waals surface area contributed by atoms with Crippen molar-refractivity contribution in [2.24, 2.45) is 0 Å². The number of carbonyl (C=O) groups is 1. The largest absolute Gasteiger partial charge is 0.411 e. The highest BCUT2D eigenvalue weighted by atomic mass is 35.5. The van der Waals surface area contributed by atoms with Crippen molar-refractivity contribution in [3.63, 3.8) is 0 Å². The van der Waals surface area contributed by atoms with E-state index in [1.54, 1.807) is 0 Å². The highest BCUT2D eigenvalue weighted by Crippen LogP contribution is 2.36. The average Bonchev–Trinajstić information content (AvgIpc) is 3.27. The Labute approximate surface area is 216 Å². The first-order chi connectivity index (χ1) is 17.4. The molecule has 1 amide bonds. The van der Waals surface area contributed by atoms with Crippen molar-refractivity contribution in [3.8, 4) is 0 Å². The van der Waals surface area contributed by atoms with Crippen molar-refractivity contribution < 1.29 is 14.1 Å². The number of unbranched alkanes of at least 4 members (excludes halogenated alkanes) is 1. The minimum Gasteiger partial charge on any atom is -0.411 e. The highest BCUT2D eigenvalue weighted by Gasteiger charge is 2.49. The van der Waals surface area contributed by atoms with E-state index in [0.717, 1.165) is 12.8 Å². The maximum Gasteiger partial charge on any atom is 0.261 e. The van der Waals surface area contributed by atoms with Crippen molar-refractivity contribution in [2.75, 3.05) is 18.5 Å². The molecule has 0 aliphatic carbocycles. The molecule has 0 atom stereocenters. The number of rotatable bonds is 11. The van der Waals surface area contributed by atoms with Crippen LogP contribution in [0.3, 0.4) is 0 Å². The van der Waals surface area contributed by atoms with E-state index in [-0.39, 0.29) is 16.1 Å². The molecule has 0 aliphatic rings. The van der Waals surface area contributed by atoms with Gasteiger partial charge in [-0.05, 0) is 28.3 Å². The topological polar surface area (TPSA) is 91.2 Å². The van der Waals surface area contributed by atoms with Gasteiger partial charge >= 0.3 is 0 Å². The van der Waals surface area contributed by atoms with Gasteiger partial charge in [-0.3, -0.25) is 10.1 Å². The lowest BCUT2D eigenvalue weighted by Gasteiger charge is -2.43. The summed E-state index contributed by atoms with van der Waals surface area (Å²) in [5.74, 6) is 0.0894. The summed E-state index contributed by atoms with van der Waals surface area (Å²) in [4.78, 5) is 29.0. The predicted octanol–water partition coefficient (Wildman–Crippen LogP) is 3.83. The summed E-state index contributed by atoms with van der Waals surface area (Å²) in [6.07, 6.45) is 3.58. The monoisotopic (exact) mass is 523 g/mol. The molecule has 10 heteroatoms. The molecular formula is C26H30ClN5O3Si. The van der Waals surface area contributed by atoms with Crippen LogP contribution in [-0.4, -0.2) is 47.6 Å². The summed E-state index contributed by atoms with van der Waals surface area (Å²) in [6.45, 7) is 7.87. The highest BCUT2D eigenvalue weighted by molar-refractivity contribution is 6.99. The van der Waals surface area contributed by atoms with E-state index in [9.17, 15) is 4.79 Å². The molecule has 4 aromatic rings. The third-order valence-corrected chi connectivity index (χ3v) is 11.3. The first kappa shape index (κ1) is 25.8. The molecule has 0 saturated carbocycles. The summed E-state index contributed by atoms with van der Waals surface area (Å²) in [5, 5.41) is 5.01. The Morgan fingerprint density at radius 1 is 0.972 bits per heavy atom. The van der Waals surface area contributed by atoms with Gasteiger partial charge in [0.05, 0.1) is 0 Å². The number of aromatic nitrogens is 4. The number of benzene rings is 2. The van der Waals surface area contributed by atoms with Crippen LogP contribution in [0, 0.1) is 0 Å². The Kier molecular flexibility index (Phi) is 8.03. The number of fused-ring (bicyclic) bond motifs is 1. The second kappa shape index (κ2) is 11.2. The number of hydrogen-bond donors (Lipinski definition) is 1. The molecule has 4 rings (SSSR count). The third-order valence-electron chi connectivity index (χ3n) is 6.02. The molecule has 1 N–H and O–H groups in total. The Hall–Kier alpha value is -3.27. The van der Waals surface area contributed by atoms with Gasteiger partial charge in [0.25, 0.3) is 8.32 Å². The van der Waals surface area contributed by atoms with Crippen LogP contribution in [0.4, 0.5) is 5.95 Å². The van der Waals surface area contributed by atoms with Gasteiger partial charge in [0.1, 0.15) is 18.5 Å². The smallest absolute Gasteiger partial charge is 0.261 e. The summed E-state index contributed by atoms with van der Waals surface area (Å²) < 4.78 is 8.36. The average molecular weight is 524 g/mol. The molecule has 0 saturated heterocycles. The van der Waals surface area contributed by atoms with E-state index in [1.807, 2.05) is 12.1 Å². The van der Waals surface area contributed by atoms with E-state index in [0.29, 0.717) is 30.8 Å². The Balaban J connectivity index is 1.43. The van der Waals surface area contributed by atoms with Crippen molar-refractivity contribution in [1.82, 2.24) is 19.7 Å². The number of carbonyl (C=O) groups excluding carboxylic acids is 1. The number of nitrogens with one attached hydrogen (secondary N) is 1. The fourth-order valence-electron chi connectivity index (χ4n) is 4.41. The number of halogens is 1. The van der Waals surface area contributed by atoms with E-state index in [1.165, 1.54) is 21.4 Å². The summed E-state index contributed by atoms with van der Waals surface area (Å²) >= 11 is 6.14. The maximum atomic E-state index is 10.7. The van der Waals surface area contributed by atoms with Crippen LogP contribution in [-0.2, 0) is 9.22 Å². The van der Waals surface area contributed by atoms with Gasteiger partial charge in [-0.25, -0.2) is 4.98 Å². The summed E-state index contributed by atoms with van der Waals surface area (Å²) in [7, 11) is -2.54.